The first-order valence-electron chi connectivity index (χ1n) is 31.1. The van der Waals surface area contributed by atoms with E-state index in [2.05, 4.69) is 106 Å². The molecule has 1 atom stereocenters. The van der Waals surface area contributed by atoms with Crippen LogP contribution in [0.15, 0.2) is 85.1 Å². The predicted octanol–water partition coefficient (Wildman–Crippen LogP) is 21.1. The van der Waals surface area contributed by atoms with Crippen molar-refractivity contribution < 1.29 is 28.6 Å². The first kappa shape index (κ1) is 69.6. The lowest BCUT2D eigenvalue weighted by molar-refractivity contribution is -0.167. The Labute approximate surface area is 452 Å². The van der Waals surface area contributed by atoms with Crippen LogP contribution in [0.2, 0.25) is 0 Å². The summed E-state index contributed by atoms with van der Waals surface area (Å²) >= 11 is 0. The van der Waals surface area contributed by atoms with E-state index in [1.54, 1.807) is 0 Å². The summed E-state index contributed by atoms with van der Waals surface area (Å²) < 4.78 is 16.8. The van der Waals surface area contributed by atoms with Crippen molar-refractivity contribution >= 4 is 17.9 Å². The van der Waals surface area contributed by atoms with E-state index in [-0.39, 0.29) is 31.1 Å². The normalized spacial score (nSPS) is 12.6. The number of rotatable bonds is 56. The number of unbranched alkanes of at least 4 members (excludes halogenated alkanes) is 31. The molecule has 0 N–H and O–H groups in total. The fourth-order valence-electron chi connectivity index (χ4n) is 8.74. The largest absolute Gasteiger partial charge is 0.462 e. The van der Waals surface area contributed by atoms with Crippen molar-refractivity contribution in [3.63, 3.8) is 0 Å². The molecule has 0 spiro atoms. The average molecular weight is 1020 g/mol. The van der Waals surface area contributed by atoms with Crippen molar-refractivity contribution in [1.82, 2.24) is 0 Å². The highest BCUT2D eigenvalue weighted by atomic mass is 16.6. The lowest BCUT2D eigenvalue weighted by Gasteiger charge is -2.18. The maximum Gasteiger partial charge on any atom is 0.306 e. The molecule has 0 saturated heterocycles. The highest BCUT2D eigenvalue weighted by Crippen LogP contribution is 2.16. The quantitative estimate of drug-likeness (QED) is 0.0261. The van der Waals surface area contributed by atoms with Gasteiger partial charge >= 0.3 is 17.9 Å². The zero-order valence-electron chi connectivity index (χ0n) is 48.1. The third-order valence-corrected chi connectivity index (χ3v) is 13.4. The van der Waals surface area contributed by atoms with Crippen LogP contribution in [0.4, 0.5) is 0 Å². The second-order valence-corrected chi connectivity index (χ2v) is 20.6. The number of carbonyl (C=O) groups is 3. The number of hydrogen-bond acceptors (Lipinski definition) is 6. The van der Waals surface area contributed by atoms with Crippen molar-refractivity contribution in [3.8, 4) is 0 Å². The SMILES string of the molecule is CC/C=C\C/C=C\C/C=C\C/C=C\C/C=C\C/C=C\CCCCCCCCCCCCC(=O)OCC(COC(=O)CCCCCCCCCC)OC(=O)CCCCCCCCC/C=C\CCCCCCCCC. The van der Waals surface area contributed by atoms with Crippen LogP contribution >= 0.6 is 0 Å². The molecule has 0 bridgehead atoms. The maximum atomic E-state index is 12.8. The first-order valence-corrected chi connectivity index (χ1v) is 31.1. The van der Waals surface area contributed by atoms with Gasteiger partial charge in [0.25, 0.3) is 0 Å². The number of carbonyl (C=O) groups excluding carboxylic acids is 3. The lowest BCUT2D eigenvalue weighted by Crippen LogP contribution is -2.30. The Kier molecular flexibility index (Phi) is 58.3. The van der Waals surface area contributed by atoms with Gasteiger partial charge in [-0.2, -0.15) is 0 Å². The molecule has 0 aromatic rings. The second kappa shape index (κ2) is 61.1. The van der Waals surface area contributed by atoms with Crippen LogP contribution in [-0.4, -0.2) is 37.2 Å². The summed E-state index contributed by atoms with van der Waals surface area (Å²) in [6.07, 6.45) is 80.3. The number of esters is 3. The summed E-state index contributed by atoms with van der Waals surface area (Å²) in [4.78, 5) is 38.1. The summed E-state index contributed by atoms with van der Waals surface area (Å²) in [7, 11) is 0. The Morgan fingerprint density at radius 1 is 0.288 bits per heavy atom. The van der Waals surface area contributed by atoms with E-state index in [0.29, 0.717) is 19.3 Å². The molecule has 420 valence electrons. The van der Waals surface area contributed by atoms with Gasteiger partial charge in [-0.1, -0.05) is 273 Å². The number of ether oxygens (including phenoxy) is 3. The maximum absolute atomic E-state index is 12.8. The van der Waals surface area contributed by atoms with Gasteiger partial charge < -0.3 is 14.2 Å². The topological polar surface area (TPSA) is 78.9 Å². The first-order chi connectivity index (χ1) is 36.0. The minimum atomic E-state index is -0.778. The third kappa shape index (κ3) is 59.3. The molecule has 0 saturated carbocycles. The molecule has 0 fully saturated rings. The molecule has 0 amide bonds. The molecule has 0 aliphatic carbocycles. The van der Waals surface area contributed by atoms with E-state index in [0.717, 1.165) is 96.3 Å². The Morgan fingerprint density at radius 3 is 0.849 bits per heavy atom. The molecule has 0 aromatic carbocycles. The molecular weight excluding hydrogens is 901 g/mol. The van der Waals surface area contributed by atoms with Gasteiger partial charge in [0.2, 0.25) is 0 Å². The van der Waals surface area contributed by atoms with Gasteiger partial charge in [0, 0.05) is 19.3 Å². The van der Waals surface area contributed by atoms with Crippen LogP contribution in [0.3, 0.4) is 0 Å². The summed E-state index contributed by atoms with van der Waals surface area (Å²) in [6.45, 7) is 6.51. The van der Waals surface area contributed by atoms with Crippen LogP contribution in [0.1, 0.15) is 303 Å². The highest BCUT2D eigenvalue weighted by Gasteiger charge is 2.19. The van der Waals surface area contributed by atoms with E-state index in [1.165, 1.54) is 167 Å². The molecule has 0 aromatic heterocycles. The fraction of sp³-hybridized carbons (Fsp3) is 0.746. The average Bonchev–Trinajstić information content (AvgIpc) is 3.39. The van der Waals surface area contributed by atoms with Crippen LogP contribution in [0, 0.1) is 0 Å². The summed E-state index contributed by atoms with van der Waals surface area (Å²) in [5.74, 6) is -0.881. The summed E-state index contributed by atoms with van der Waals surface area (Å²) in [5, 5.41) is 0. The molecule has 73 heavy (non-hydrogen) atoms. The molecule has 6 nitrogen and oxygen atoms in total. The highest BCUT2D eigenvalue weighted by molar-refractivity contribution is 5.71. The van der Waals surface area contributed by atoms with Gasteiger partial charge in [-0.05, 0) is 96.3 Å². The van der Waals surface area contributed by atoms with Gasteiger partial charge in [0.05, 0.1) is 0 Å². The molecule has 0 heterocycles. The van der Waals surface area contributed by atoms with E-state index in [1.807, 2.05) is 0 Å². The summed E-state index contributed by atoms with van der Waals surface area (Å²) in [5.41, 5.74) is 0. The van der Waals surface area contributed by atoms with Gasteiger partial charge in [0.1, 0.15) is 13.2 Å². The van der Waals surface area contributed by atoms with Crippen molar-refractivity contribution in [2.24, 2.45) is 0 Å². The van der Waals surface area contributed by atoms with E-state index in [9.17, 15) is 14.4 Å². The molecule has 0 aliphatic rings. The van der Waals surface area contributed by atoms with Gasteiger partial charge in [-0.25, -0.2) is 0 Å². The zero-order chi connectivity index (χ0) is 52.9. The number of hydrogen-bond donors (Lipinski definition) is 0. The Balaban J connectivity index is 4.17. The Morgan fingerprint density at radius 2 is 0.534 bits per heavy atom. The standard InChI is InChI=1S/C67H116O6/c1-4-7-10-13-16-19-21-23-25-27-29-30-31-32-33-34-35-36-37-38-39-41-42-44-46-48-51-54-57-60-66(69)72-63-64(62-71-65(68)59-56-53-50-18-15-12-9-6-3)73-67(70)61-58-55-52-49-47-45-43-40-28-26-24-22-20-17-14-11-8-5-2/h7,10,16,19,23,25-26,28-30,32-33,35-36,64H,4-6,8-9,11-15,17-18,20-22,24,27,31,34,37-63H2,1-3H3/b10-7-,19-16-,25-23-,28-26-,30-29-,33-32-,36-35-. The zero-order valence-corrected chi connectivity index (χ0v) is 48.1. The van der Waals surface area contributed by atoms with Crippen molar-refractivity contribution in [2.45, 2.75) is 309 Å². The second-order valence-electron chi connectivity index (χ2n) is 20.6. The summed E-state index contributed by atoms with van der Waals surface area (Å²) in [6, 6.07) is 0. The molecule has 0 aliphatic heterocycles. The van der Waals surface area contributed by atoms with Crippen molar-refractivity contribution in [1.29, 1.82) is 0 Å². The molecule has 0 radical (unpaired) electrons. The molecule has 1 unspecified atom stereocenters. The predicted molar refractivity (Wildman–Crippen MR) is 316 cm³/mol. The van der Waals surface area contributed by atoms with E-state index >= 15 is 0 Å². The van der Waals surface area contributed by atoms with Crippen molar-refractivity contribution in [2.75, 3.05) is 13.2 Å². The fourth-order valence-corrected chi connectivity index (χ4v) is 8.74. The van der Waals surface area contributed by atoms with Gasteiger partial charge in [-0.3, -0.25) is 14.4 Å². The Bertz CT molecular complexity index is 1400. The van der Waals surface area contributed by atoms with Crippen LogP contribution in [-0.2, 0) is 28.6 Å². The smallest absolute Gasteiger partial charge is 0.306 e. The van der Waals surface area contributed by atoms with Gasteiger partial charge in [-0.15, -0.1) is 0 Å². The Hall–Kier alpha value is -3.41. The third-order valence-electron chi connectivity index (χ3n) is 13.4. The minimum absolute atomic E-state index is 0.0767. The van der Waals surface area contributed by atoms with Crippen molar-refractivity contribution in [3.05, 3.63) is 85.1 Å². The molecule has 6 heteroatoms. The number of allylic oxidation sites excluding steroid dienone is 14. The van der Waals surface area contributed by atoms with E-state index < -0.39 is 6.10 Å². The van der Waals surface area contributed by atoms with Crippen LogP contribution < -0.4 is 0 Å². The monoisotopic (exact) mass is 1020 g/mol. The van der Waals surface area contributed by atoms with E-state index in [4.69, 9.17) is 14.2 Å². The minimum Gasteiger partial charge on any atom is -0.462 e. The van der Waals surface area contributed by atoms with Crippen LogP contribution in [0.5, 0.6) is 0 Å². The van der Waals surface area contributed by atoms with Gasteiger partial charge in [0.15, 0.2) is 6.10 Å². The lowest BCUT2D eigenvalue weighted by atomic mass is 10.1. The molecular formula is C67H116O6. The van der Waals surface area contributed by atoms with Crippen LogP contribution in [0.25, 0.3) is 0 Å². The molecule has 0 rings (SSSR count).